The quantitative estimate of drug-likeness (QED) is 0.0770. The van der Waals surface area contributed by atoms with Crippen LogP contribution in [-0.2, 0) is 16.2 Å². The van der Waals surface area contributed by atoms with Gasteiger partial charge in [0.25, 0.3) is 0 Å². The van der Waals surface area contributed by atoms with Gasteiger partial charge in [0, 0.05) is 41.7 Å². The highest BCUT2D eigenvalue weighted by Gasteiger charge is 2.64. The molecule has 1 saturated carbocycles. The number of rotatable bonds is 18. The van der Waals surface area contributed by atoms with Crippen LogP contribution in [0.15, 0.2) is 101 Å². The first-order valence-corrected chi connectivity index (χ1v) is 19.4. The van der Waals surface area contributed by atoms with E-state index in [1.54, 1.807) is 17.8 Å². The molecule has 51 heavy (non-hydrogen) atoms. The van der Waals surface area contributed by atoms with Gasteiger partial charge in [-0.25, -0.2) is 0 Å². The van der Waals surface area contributed by atoms with Gasteiger partial charge in [0.2, 0.25) is 5.79 Å². The standard InChI is InChI=1S/C42H52N2O6S/c1-4-24-48-42-39(51-33-17-7-6-8-18-33)27-37(44-49-5-2)35-25-30(15-9-11-22-45)34(19-10-12-23-46)40(41(35)42)36-26-32(20-21-38(36)50-42)47-28-31-16-13-14-29(3)43-31/h4,6-8,13-14,16-18,20-21,25-26,30,34,39-41,45-46H,1,5,9-12,15,19,22-24,27-28H2,2-3H3/t30-,34+,39-,40+,41+,42+/m0/s1. The Labute approximate surface area is 307 Å². The molecule has 272 valence electrons. The second-order valence-corrected chi connectivity index (χ2v) is 14.9. The molecule has 0 spiro atoms. The summed E-state index contributed by atoms with van der Waals surface area (Å²) in [6.07, 6.45) is 10.0. The van der Waals surface area contributed by atoms with Gasteiger partial charge in [0.05, 0.1) is 29.2 Å². The zero-order chi connectivity index (χ0) is 35.6. The van der Waals surface area contributed by atoms with E-state index in [9.17, 15) is 10.2 Å². The number of aryl methyl sites for hydroxylation is 1. The molecular weight excluding hydrogens is 661 g/mol. The third-order valence-electron chi connectivity index (χ3n) is 10.3. The van der Waals surface area contributed by atoms with E-state index in [-0.39, 0.29) is 42.1 Å². The summed E-state index contributed by atoms with van der Waals surface area (Å²) >= 11 is 1.76. The molecule has 6 rings (SSSR count). The molecule has 1 aliphatic heterocycles. The van der Waals surface area contributed by atoms with Crippen molar-refractivity contribution in [3.05, 3.63) is 108 Å². The van der Waals surface area contributed by atoms with Crippen molar-refractivity contribution in [2.45, 2.75) is 87.3 Å². The largest absolute Gasteiger partial charge is 0.487 e. The van der Waals surface area contributed by atoms with E-state index in [4.69, 9.17) is 24.2 Å². The number of hydrogen-bond acceptors (Lipinski definition) is 9. The van der Waals surface area contributed by atoms with Crippen LogP contribution in [0.25, 0.3) is 0 Å². The molecule has 0 saturated heterocycles. The molecule has 6 atom stereocenters. The number of aromatic nitrogens is 1. The highest BCUT2D eigenvalue weighted by molar-refractivity contribution is 8.00. The maximum atomic E-state index is 9.85. The SMILES string of the molecule is C=CCO[C@@]12Oc3ccc(OCc4cccc(C)n4)cc3[C@H]3[C@H](CCCCO)[C@@H](CCCCO)C=C(C(=NOCC)C[C@@H]1Sc1ccccc1)[C@H]32. The van der Waals surface area contributed by atoms with Crippen LogP contribution in [-0.4, -0.2) is 58.4 Å². The molecule has 9 heteroatoms. The molecule has 2 aliphatic carbocycles. The Morgan fingerprint density at radius 3 is 2.57 bits per heavy atom. The molecule has 0 amide bonds. The fraction of sp³-hybridized carbons (Fsp3) is 0.476. The lowest BCUT2D eigenvalue weighted by molar-refractivity contribution is -0.223. The van der Waals surface area contributed by atoms with Crippen molar-refractivity contribution in [3.63, 3.8) is 0 Å². The van der Waals surface area contributed by atoms with Crippen LogP contribution < -0.4 is 9.47 Å². The summed E-state index contributed by atoms with van der Waals surface area (Å²) in [6.45, 7) is 9.47. The van der Waals surface area contributed by atoms with Crippen molar-refractivity contribution in [2.24, 2.45) is 22.9 Å². The van der Waals surface area contributed by atoms with Gasteiger partial charge in [-0.05, 0) is 99.4 Å². The van der Waals surface area contributed by atoms with Crippen LogP contribution >= 0.6 is 11.8 Å². The minimum atomic E-state index is -1.03. The van der Waals surface area contributed by atoms with Gasteiger partial charge in [-0.15, -0.1) is 18.3 Å². The van der Waals surface area contributed by atoms with E-state index in [1.165, 1.54) is 0 Å². The second kappa shape index (κ2) is 17.7. The van der Waals surface area contributed by atoms with Gasteiger partial charge in [0.15, 0.2) is 0 Å². The molecule has 1 aromatic heterocycles. The number of oxime groups is 1. The van der Waals surface area contributed by atoms with Crippen LogP contribution in [0.5, 0.6) is 11.5 Å². The first kappa shape index (κ1) is 37.1. The Bertz CT molecular complexity index is 1660. The number of unbranched alkanes of at least 4 members (excludes halogenated alkanes) is 2. The highest BCUT2D eigenvalue weighted by Crippen LogP contribution is 2.63. The van der Waals surface area contributed by atoms with Crippen molar-refractivity contribution in [1.82, 2.24) is 4.98 Å². The van der Waals surface area contributed by atoms with Crippen LogP contribution in [0.4, 0.5) is 0 Å². The van der Waals surface area contributed by atoms with E-state index in [1.807, 2.05) is 50.2 Å². The maximum Gasteiger partial charge on any atom is 0.231 e. The lowest BCUT2D eigenvalue weighted by Crippen LogP contribution is -2.64. The van der Waals surface area contributed by atoms with Crippen molar-refractivity contribution >= 4 is 17.5 Å². The van der Waals surface area contributed by atoms with Gasteiger partial charge in [-0.2, -0.15) is 0 Å². The average molecular weight is 713 g/mol. The van der Waals surface area contributed by atoms with Gasteiger partial charge in [0.1, 0.15) is 24.7 Å². The van der Waals surface area contributed by atoms with Crippen molar-refractivity contribution in [1.29, 1.82) is 0 Å². The van der Waals surface area contributed by atoms with Gasteiger partial charge in [-0.1, -0.05) is 54.4 Å². The number of ether oxygens (including phenoxy) is 3. The van der Waals surface area contributed by atoms with Gasteiger partial charge in [-0.3, -0.25) is 4.98 Å². The maximum absolute atomic E-state index is 9.85. The number of hydrogen-bond donors (Lipinski definition) is 2. The van der Waals surface area contributed by atoms with Gasteiger partial charge < -0.3 is 29.3 Å². The van der Waals surface area contributed by atoms with E-state index in [2.05, 4.69) is 48.0 Å². The highest BCUT2D eigenvalue weighted by atomic mass is 32.2. The topological polar surface area (TPSA) is 103 Å². The molecule has 0 unspecified atom stereocenters. The Hall–Kier alpha value is -3.63. The molecule has 0 bridgehead atoms. The predicted molar refractivity (Wildman–Crippen MR) is 202 cm³/mol. The Morgan fingerprint density at radius 2 is 1.82 bits per heavy atom. The third kappa shape index (κ3) is 8.38. The lowest BCUT2D eigenvalue weighted by atomic mass is 9.56. The number of benzene rings is 2. The number of aliphatic hydroxyl groups is 2. The van der Waals surface area contributed by atoms with Gasteiger partial charge >= 0.3 is 0 Å². The molecule has 0 radical (unpaired) electrons. The summed E-state index contributed by atoms with van der Waals surface area (Å²) in [5.74, 6) is 0.789. The normalized spacial score (nSPS) is 25.7. The van der Waals surface area contributed by atoms with E-state index < -0.39 is 5.79 Å². The average Bonchev–Trinajstić information content (AvgIpc) is 3.15. The molecule has 8 nitrogen and oxygen atoms in total. The smallest absolute Gasteiger partial charge is 0.231 e. The van der Waals surface area contributed by atoms with Crippen molar-refractivity contribution < 1.29 is 29.3 Å². The van der Waals surface area contributed by atoms with Crippen LogP contribution in [0.3, 0.4) is 0 Å². The van der Waals surface area contributed by atoms with E-state index >= 15 is 0 Å². The number of allylic oxidation sites excluding steroid dienone is 1. The summed E-state index contributed by atoms with van der Waals surface area (Å²) in [7, 11) is 0. The van der Waals surface area contributed by atoms with E-state index in [0.717, 1.165) is 83.2 Å². The number of fused-ring (bicyclic) bond motifs is 2. The monoisotopic (exact) mass is 712 g/mol. The number of thioether (sulfide) groups is 1. The van der Waals surface area contributed by atoms with Crippen LogP contribution in [0.2, 0.25) is 0 Å². The number of aliphatic hydroxyl groups excluding tert-OH is 2. The second-order valence-electron chi connectivity index (χ2n) is 13.7. The van der Waals surface area contributed by atoms with Crippen LogP contribution in [0.1, 0.15) is 74.7 Å². The minimum absolute atomic E-state index is 0.00280. The molecule has 3 aromatic rings. The molecule has 2 aromatic carbocycles. The number of pyridine rings is 1. The Kier molecular flexibility index (Phi) is 12.9. The predicted octanol–water partition coefficient (Wildman–Crippen LogP) is 8.41. The Balaban J connectivity index is 1.51. The molecule has 2 N–H and O–H groups in total. The molecule has 1 fully saturated rings. The van der Waals surface area contributed by atoms with Crippen LogP contribution in [0, 0.1) is 24.7 Å². The first-order chi connectivity index (χ1) is 25.0. The van der Waals surface area contributed by atoms with Crippen molar-refractivity contribution in [3.8, 4) is 11.5 Å². The fourth-order valence-corrected chi connectivity index (χ4v) is 9.47. The zero-order valence-corrected chi connectivity index (χ0v) is 30.7. The summed E-state index contributed by atoms with van der Waals surface area (Å²) in [4.78, 5) is 11.6. The summed E-state index contributed by atoms with van der Waals surface area (Å²) in [6, 6.07) is 22.6. The number of nitrogens with zero attached hydrogens (tertiary/aromatic N) is 2. The summed E-state index contributed by atoms with van der Waals surface area (Å²) < 4.78 is 20.7. The first-order valence-electron chi connectivity index (χ1n) is 18.5. The molecule has 2 heterocycles. The molecular formula is C42H52N2O6S. The minimum Gasteiger partial charge on any atom is -0.487 e. The van der Waals surface area contributed by atoms with E-state index in [0.29, 0.717) is 26.2 Å². The lowest BCUT2D eigenvalue weighted by Gasteiger charge is -2.58. The molecule has 3 aliphatic rings. The van der Waals surface area contributed by atoms with Crippen molar-refractivity contribution in [2.75, 3.05) is 26.4 Å². The third-order valence-corrected chi connectivity index (χ3v) is 11.6. The summed E-state index contributed by atoms with van der Waals surface area (Å²) in [5, 5.41) is 24.2. The fourth-order valence-electron chi connectivity index (χ4n) is 8.16. The zero-order valence-electron chi connectivity index (χ0n) is 29.9. The Morgan fingerprint density at radius 1 is 1.02 bits per heavy atom. The summed E-state index contributed by atoms with van der Waals surface area (Å²) in [5.41, 5.74) is 4.98.